The number of likely N-dealkylation sites (tertiary alicyclic amines) is 1. The topological polar surface area (TPSA) is 38.5 Å². The van der Waals surface area contributed by atoms with Crippen LogP contribution in [-0.2, 0) is 4.74 Å². The minimum atomic E-state index is 0.384. The van der Waals surface area contributed by atoms with Crippen LogP contribution in [0.1, 0.15) is 51.9 Å². The summed E-state index contributed by atoms with van der Waals surface area (Å²) in [7, 11) is 0. The van der Waals surface area contributed by atoms with Gasteiger partial charge in [-0.05, 0) is 45.7 Å². The molecule has 3 atom stereocenters. The summed E-state index contributed by atoms with van der Waals surface area (Å²) in [5.41, 5.74) is 6.00. The maximum Gasteiger partial charge on any atom is 0.0747 e. The van der Waals surface area contributed by atoms with Gasteiger partial charge in [-0.15, -0.1) is 0 Å². The van der Waals surface area contributed by atoms with Gasteiger partial charge in [-0.2, -0.15) is 0 Å². The van der Waals surface area contributed by atoms with Crippen LogP contribution in [0.2, 0.25) is 0 Å². The normalized spacial score (nSPS) is 34.2. The zero-order valence-electron chi connectivity index (χ0n) is 11.2. The lowest BCUT2D eigenvalue weighted by atomic mass is 10.0. The molecule has 17 heavy (non-hydrogen) atoms. The quantitative estimate of drug-likeness (QED) is 0.821. The van der Waals surface area contributed by atoms with Gasteiger partial charge in [-0.1, -0.05) is 19.3 Å². The second kappa shape index (κ2) is 6.72. The standard InChI is InChI=1S/C14H28N2O/c1-12-7-8-14(17-12)13(11-15)16-9-5-3-2-4-6-10-16/h12-14H,2-11,15H2,1H3. The van der Waals surface area contributed by atoms with Crippen molar-refractivity contribution in [3.63, 3.8) is 0 Å². The number of nitrogens with two attached hydrogens (primary N) is 1. The maximum absolute atomic E-state index is 6.02. The van der Waals surface area contributed by atoms with E-state index in [0.717, 1.165) is 6.54 Å². The molecule has 2 N–H and O–H groups in total. The van der Waals surface area contributed by atoms with Gasteiger partial charge in [-0.25, -0.2) is 0 Å². The molecule has 0 spiro atoms. The van der Waals surface area contributed by atoms with E-state index >= 15 is 0 Å². The van der Waals surface area contributed by atoms with E-state index in [2.05, 4.69) is 11.8 Å². The zero-order chi connectivity index (χ0) is 12.1. The molecule has 2 saturated heterocycles. The lowest BCUT2D eigenvalue weighted by Gasteiger charge is -2.35. The first kappa shape index (κ1) is 13.3. The minimum absolute atomic E-state index is 0.384. The number of ether oxygens (including phenoxy) is 1. The lowest BCUT2D eigenvalue weighted by molar-refractivity contribution is -0.00632. The summed E-state index contributed by atoms with van der Waals surface area (Å²) >= 11 is 0. The lowest BCUT2D eigenvalue weighted by Crippen LogP contribution is -2.49. The molecule has 0 saturated carbocycles. The van der Waals surface area contributed by atoms with E-state index in [-0.39, 0.29) is 0 Å². The highest BCUT2D eigenvalue weighted by molar-refractivity contribution is 4.86. The largest absolute Gasteiger partial charge is 0.374 e. The van der Waals surface area contributed by atoms with Crippen LogP contribution < -0.4 is 5.73 Å². The molecule has 2 aliphatic rings. The van der Waals surface area contributed by atoms with Crippen molar-refractivity contribution in [2.24, 2.45) is 5.73 Å². The van der Waals surface area contributed by atoms with E-state index in [0.29, 0.717) is 18.2 Å². The Morgan fingerprint density at radius 3 is 2.29 bits per heavy atom. The van der Waals surface area contributed by atoms with Gasteiger partial charge in [-0.3, -0.25) is 4.90 Å². The molecule has 0 aromatic carbocycles. The van der Waals surface area contributed by atoms with Crippen molar-refractivity contribution in [1.29, 1.82) is 0 Å². The molecule has 0 aromatic heterocycles. The van der Waals surface area contributed by atoms with E-state index < -0.39 is 0 Å². The van der Waals surface area contributed by atoms with Crippen molar-refractivity contribution in [2.75, 3.05) is 19.6 Å². The van der Waals surface area contributed by atoms with Crippen molar-refractivity contribution < 1.29 is 4.74 Å². The SMILES string of the molecule is CC1CCC(C(CN)N2CCCCCCC2)O1. The van der Waals surface area contributed by atoms with E-state index in [1.807, 2.05) is 0 Å². The molecule has 0 amide bonds. The molecular weight excluding hydrogens is 212 g/mol. The number of hydrogen-bond donors (Lipinski definition) is 1. The summed E-state index contributed by atoms with van der Waals surface area (Å²) in [5, 5.41) is 0. The van der Waals surface area contributed by atoms with Crippen molar-refractivity contribution in [3.8, 4) is 0 Å². The zero-order valence-corrected chi connectivity index (χ0v) is 11.2. The first-order valence-corrected chi connectivity index (χ1v) is 7.41. The second-order valence-electron chi connectivity index (χ2n) is 5.67. The third-order valence-electron chi connectivity index (χ3n) is 4.30. The predicted molar refractivity (Wildman–Crippen MR) is 71.1 cm³/mol. The van der Waals surface area contributed by atoms with E-state index in [4.69, 9.17) is 10.5 Å². The van der Waals surface area contributed by atoms with Crippen LogP contribution in [0, 0.1) is 0 Å². The van der Waals surface area contributed by atoms with Crippen LogP contribution in [0.4, 0.5) is 0 Å². The first-order valence-electron chi connectivity index (χ1n) is 7.41. The Morgan fingerprint density at radius 1 is 1.12 bits per heavy atom. The monoisotopic (exact) mass is 240 g/mol. The average molecular weight is 240 g/mol. The summed E-state index contributed by atoms with van der Waals surface area (Å²) in [6.07, 6.45) is 10.1. The van der Waals surface area contributed by atoms with Gasteiger partial charge < -0.3 is 10.5 Å². The molecule has 2 heterocycles. The molecule has 3 unspecified atom stereocenters. The van der Waals surface area contributed by atoms with Crippen LogP contribution in [0.3, 0.4) is 0 Å². The highest BCUT2D eigenvalue weighted by Crippen LogP contribution is 2.25. The Labute approximate surface area is 106 Å². The third-order valence-corrected chi connectivity index (χ3v) is 4.30. The molecule has 0 bridgehead atoms. The van der Waals surface area contributed by atoms with Gasteiger partial charge in [0.15, 0.2) is 0 Å². The van der Waals surface area contributed by atoms with E-state index in [1.165, 1.54) is 58.0 Å². The summed E-state index contributed by atoms with van der Waals surface area (Å²) in [6, 6.07) is 0.457. The molecule has 2 aliphatic heterocycles. The maximum atomic E-state index is 6.02. The molecule has 0 aliphatic carbocycles. The van der Waals surface area contributed by atoms with Crippen LogP contribution in [-0.4, -0.2) is 42.8 Å². The van der Waals surface area contributed by atoms with Gasteiger partial charge in [0.05, 0.1) is 12.2 Å². The van der Waals surface area contributed by atoms with Crippen LogP contribution >= 0.6 is 0 Å². The number of nitrogens with zero attached hydrogens (tertiary/aromatic N) is 1. The fourth-order valence-corrected chi connectivity index (χ4v) is 3.26. The second-order valence-corrected chi connectivity index (χ2v) is 5.67. The van der Waals surface area contributed by atoms with Gasteiger partial charge in [0.25, 0.3) is 0 Å². The first-order chi connectivity index (χ1) is 8.31. The fraction of sp³-hybridized carbons (Fsp3) is 1.00. The number of hydrogen-bond acceptors (Lipinski definition) is 3. The van der Waals surface area contributed by atoms with Crippen molar-refractivity contribution in [3.05, 3.63) is 0 Å². The van der Waals surface area contributed by atoms with Crippen molar-refractivity contribution in [2.45, 2.75) is 70.1 Å². The smallest absolute Gasteiger partial charge is 0.0747 e. The highest BCUT2D eigenvalue weighted by Gasteiger charge is 2.32. The third kappa shape index (κ3) is 3.67. The molecule has 3 heteroatoms. The Morgan fingerprint density at radius 2 is 1.76 bits per heavy atom. The molecule has 0 aromatic rings. The van der Waals surface area contributed by atoms with E-state index in [9.17, 15) is 0 Å². The van der Waals surface area contributed by atoms with Crippen molar-refractivity contribution in [1.82, 2.24) is 4.90 Å². The van der Waals surface area contributed by atoms with E-state index in [1.54, 1.807) is 0 Å². The Kier molecular flexibility index (Phi) is 5.26. The van der Waals surface area contributed by atoms with Gasteiger partial charge in [0, 0.05) is 12.6 Å². The molecule has 100 valence electrons. The van der Waals surface area contributed by atoms with Crippen molar-refractivity contribution >= 4 is 0 Å². The fourth-order valence-electron chi connectivity index (χ4n) is 3.26. The number of rotatable bonds is 3. The van der Waals surface area contributed by atoms with Crippen LogP contribution in [0.15, 0.2) is 0 Å². The molecule has 2 rings (SSSR count). The highest BCUT2D eigenvalue weighted by atomic mass is 16.5. The summed E-state index contributed by atoms with van der Waals surface area (Å²) in [5.74, 6) is 0. The predicted octanol–water partition coefficient (Wildman–Crippen LogP) is 2.15. The minimum Gasteiger partial charge on any atom is -0.374 e. The van der Waals surface area contributed by atoms with Gasteiger partial charge in [0.1, 0.15) is 0 Å². The van der Waals surface area contributed by atoms with Gasteiger partial charge >= 0.3 is 0 Å². The Hall–Kier alpha value is -0.120. The summed E-state index contributed by atoms with van der Waals surface area (Å²) < 4.78 is 6.02. The molecule has 0 radical (unpaired) electrons. The molecular formula is C14H28N2O. The molecule has 3 nitrogen and oxygen atoms in total. The van der Waals surface area contributed by atoms with Crippen LogP contribution in [0.25, 0.3) is 0 Å². The van der Waals surface area contributed by atoms with Crippen LogP contribution in [0.5, 0.6) is 0 Å². The average Bonchev–Trinajstić information content (AvgIpc) is 2.68. The molecule has 2 fully saturated rings. The Balaban J connectivity index is 1.90. The Bertz CT molecular complexity index is 214. The van der Waals surface area contributed by atoms with Gasteiger partial charge in [0.2, 0.25) is 0 Å². The summed E-state index contributed by atoms with van der Waals surface area (Å²) in [4.78, 5) is 2.60. The summed E-state index contributed by atoms with van der Waals surface area (Å²) in [6.45, 7) is 5.37.